The molecule has 2 aromatic rings. The third-order valence-corrected chi connectivity index (χ3v) is 3.87. The summed E-state index contributed by atoms with van der Waals surface area (Å²) in [5.41, 5.74) is 3.01. The number of methoxy groups -OCH3 is 2. The van der Waals surface area contributed by atoms with Crippen molar-refractivity contribution in [2.45, 2.75) is 26.4 Å². The Morgan fingerprint density at radius 3 is 2.36 bits per heavy atom. The molecule has 0 heterocycles. The van der Waals surface area contributed by atoms with Crippen molar-refractivity contribution in [2.75, 3.05) is 14.2 Å². The molecule has 0 bridgehead atoms. The van der Waals surface area contributed by atoms with Crippen molar-refractivity contribution in [2.24, 2.45) is 0 Å². The fourth-order valence-corrected chi connectivity index (χ4v) is 2.32. The molecule has 0 aliphatic carbocycles. The van der Waals surface area contributed by atoms with Crippen LogP contribution in [-0.4, -0.2) is 20.2 Å². The summed E-state index contributed by atoms with van der Waals surface area (Å²) in [7, 11) is 3.17. The molecule has 0 aliphatic rings. The Morgan fingerprint density at radius 1 is 1.04 bits per heavy atom. The Balaban J connectivity index is 1.94. The Kier molecular flexibility index (Phi) is 6.63. The first kappa shape index (κ1) is 18.6. The van der Waals surface area contributed by atoms with Crippen molar-refractivity contribution in [3.05, 3.63) is 65.2 Å². The van der Waals surface area contributed by atoms with Crippen molar-refractivity contribution >= 4 is 12.0 Å². The lowest BCUT2D eigenvalue weighted by Crippen LogP contribution is -2.01. The number of benzene rings is 2. The van der Waals surface area contributed by atoms with E-state index in [4.69, 9.17) is 14.2 Å². The summed E-state index contributed by atoms with van der Waals surface area (Å²) < 4.78 is 15.7. The highest BCUT2D eigenvalue weighted by Crippen LogP contribution is 2.25. The summed E-state index contributed by atoms with van der Waals surface area (Å²) in [5, 5.41) is 0. The van der Waals surface area contributed by atoms with Crippen LogP contribution in [0.1, 0.15) is 36.5 Å². The number of hydrogen-bond acceptors (Lipinski definition) is 4. The minimum absolute atomic E-state index is 0.251. The van der Waals surface area contributed by atoms with E-state index >= 15 is 0 Å². The molecule has 25 heavy (non-hydrogen) atoms. The summed E-state index contributed by atoms with van der Waals surface area (Å²) in [5.74, 6) is 1.42. The van der Waals surface area contributed by atoms with Crippen LogP contribution in [0.25, 0.3) is 6.08 Å². The van der Waals surface area contributed by atoms with E-state index in [0.717, 1.165) is 11.1 Å². The largest absolute Gasteiger partial charge is 0.497 e. The minimum Gasteiger partial charge on any atom is -0.497 e. The number of carbonyl (C=O) groups is 1. The lowest BCUT2D eigenvalue weighted by molar-refractivity contribution is -0.138. The third-order valence-electron chi connectivity index (χ3n) is 3.87. The van der Waals surface area contributed by atoms with Crippen molar-refractivity contribution in [1.82, 2.24) is 0 Å². The normalized spacial score (nSPS) is 10.9. The zero-order chi connectivity index (χ0) is 18.2. The van der Waals surface area contributed by atoms with Gasteiger partial charge in [-0.3, -0.25) is 0 Å². The Morgan fingerprint density at radius 2 is 1.76 bits per heavy atom. The van der Waals surface area contributed by atoms with Crippen molar-refractivity contribution in [1.29, 1.82) is 0 Å². The highest BCUT2D eigenvalue weighted by molar-refractivity contribution is 5.87. The molecule has 0 spiro atoms. The average molecular weight is 340 g/mol. The van der Waals surface area contributed by atoms with E-state index in [9.17, 15) is 4.79 Å². The second kappa shape index (κ2) is 8.92. The van der Waals surface area contributed by atoms with Gasteiger partial charge in [-0.1, -0.05) is 38.1 Å². The molecule has 0 fully saturated rings. The van der Waals surface area contributed by atoms with Gasteiger partial charge in [0.25, 0.3) is 0 Å². The molecule has 0 aliphatic heterocycles. The Hall–Kier alpha value is -2.75. The van der Waals surface area contributed by atoms with Gasteiger partial charge in [0.1, 0.15) is 18.1 Å². The van der Waals surface area contributed by atoms with Crippen LogP contribution in [0.15, 0.2) is 48.5 Å². The molecule has 0 saturated heterocycles. The van der Waals surface area contributed by atoms with Crippen LogP contribution in [0.5, 0.6) is 11.5 Å². The van der Waals surface area contributed by atoms with Crippen LogP contribution in [0.3, 0.4) is 0 Å². The molecule has 0 N–H and O–H groups in total. The van der Waals surface area contributed by atoms with Crippen molar-refractivity contribution < 1.29 is 19.0 Å². The van der Waals surface area contributed by atoms with Crippen LogP contribution < -0.4 is 9.47 Å². The van der Waals surface area contributed by atoms with Crippen LogP contribution >= 0.6 is 0 Å². The van der Waals surface area contributed by atoms with Gasteiger partial charge >= 0.3 is 5.97 Å². The van der Waals surface area contributed by atoms with Gasteiger partial charge < -0.3 is 14.2 Å². The predicted octanol–water partition coefficient (Wildman–Crippen LogP) is 4.58. The van der Waals surface area contributed by atoms with Crippen LogP contribution in [0.2, 0.25) is 0 Å². The van der Waals surface area contributed by atoms with Gasteiger partial charge in [0.2, 0.25) is 0 Å². The molecule has 0 saturated carbocycles. The van der Waals surface area contributed by atoms with E-state index in [-0.39, 0.29) is 6.61 Å². The minimum atomic E-state index is -0.397. The zero-order valence-electron chi connectivity index (χ0n) is 15.1. The maximum absolute atomic E-state index is 11.9. The molecule has 0 atom stereocenters. The highest BCUT2D eigenvalue weighted by atomic mass is 16.5. The number of rotatable bonds is 7. The van der Waals surface area contributed by atoms with E-state index < -0.39 is 5.97 Å². The highest BCUT2D eigenvalue weighted by Gasteiger charge is 2.04. The van der Waals surface area contributed by atoms with Gasteiger partial charge in [0.05, 0.1) is 14.2 Å². The lowest BCUT2D eigenvalue weighted by atomic mass is 10.0. The first-order valence-electron chi connectivity index (χ1n) is 8.19. The smallest absolute Gasteiger partial charge is 0.331 e. The van der Waals surface area contributed by atoms with E-state index in [2.05, 4.69) is 26.0 Å². The third kappa shape index (κ3) is 5.38. The predicted molar refractivity (Wildman–Crippen MR) is 98.9 cm³/mol. The molecular weight excluding hydrogens is 316 g/mol. The molecule has 2 aromatic carbocycles. The van der Waals surface area contributed by atoms with Gasteiger partial charge in [-0.15, -0.1) is 0 Å². The molecule has 0 unspecified atom stereocenters. The second-order valence-electron chi connectivity index (χ2n) is 5.95. The van der Waals surface area contributed by atoms with Gasteiger partial charge in [-0.25, -0.2) is 4.79 Å². The second-order valence-corrected chi connectivity index (χ2v) is 5.95. The summed E-state index contributed by atoms with van der Waals surface area (Å²) in [4.78, 5) is 11.9. The van der Waals surface area contributed by atoms with E-state index in [0.29, 0.717) is 17.4 Å². The van der Waals surface area contributed by atoms with E-state index in [1.54, 1.807) is 26.4 Å². The van der Waals surface area contributed by atoms with Crippen LogP contribution in [0.4, 0.5) is 0 Å². The SMILES string of the molecule is COc1ccc(/C=C/C(=O)OCc2ccc(C(C)C)cc2)c(OC)c1. The summed E-state index contributed by atoms with van der Waals surface area (Å²) in [6, 6.07) is 13.5. The zero-order valence-corrected chi connectivity index (χ0v) is 15.1. The fourth-order valence-electron chi connectivity index (χ4n) is 2.32. The summed E-state index contributed by atoms with van der Waals surface area (Å²) in [6.07, 6.45) is 3.06. The van der Waals surface area contributed by atoms with Crippen molar-refractivity contribution in [3.63, 3.8) is 0 Å². The van der Waals surface area contributed by atoms with Gasteiger partial charge in [0, 0.05) is 17.7 Å². The topological polar surface area (TPSA) is 44.8 Å². The summed E-state index contributed by atoms with van der Waals surface area (Å²) in [6.45, 7) is 4.54. The monoisotopic (exact) mass is 340 g/mol. The Labute approximate surface area is 149 Å². The number of hydrogen-bond donors (Lipinski definition) is 0. The van der Waals surface area contributed by atoms with Gasteiger partial charge in [0.15, 0.2) is 0 Å². The molecular formula is C21H24O4. The van der Waals surface area contributed by atoms with Crippen molar-refractivity contribution in [3.8, 4) is 11.5 Å². The standard InChI is InChI=1S/C21H24O4/c1-15(2)17-7-5-16(6-8-17)14-25-21(22)12-10-18-9-11-19(23-3)13-20(18)24-4/h5-13,15H,14H2,1-4H3/b12-10+. The van der Waals surface area contributed by atoms with Gasteiger partial charge in [-0.05, 0) is 35.3 Å². The summed E-state index contributed by atoms with van der Waals surface area (Å²) >= 11 is 0. The number of ether oxygens (including phenoxy) is 3. The molecule has 0 aromatic heterocycles. The molecule has 132 valence electrons. The average Bonchev–Trinajstić information content (AvgIpc) is 2.64. The first-order chi connectivity index (χ1) is 12.0. The molecule has 4 nitrogen and oxygen atoms in total. The van der Waals surface area contributed by atoms with E-state index in [1.807, 2.05) is 24.3 Å². The number of carbonyl (C=O) groups excluding carboxylic acids is 1. The number of esters is 1. The quantitative estimate of drug-likeness (QED) is 0.546. The van der Waals surface area contributed by atoms with Crippen LogP contribution in [0, 0.1) is 0 Å². The molecule has 0 radical (unpaired) electrons. The lowest BCUT2D eigenvalue weighted by Gasteiger charge is -2.08. The van der Waals surface area contributed by atoms with Gasteiger partial charge in [-0.2, -0.15) is 0 Å². The van der Waals surface area contributed by atoms with E-state index in [1.165, 1.54) is 11.6 Å². The first-order valence-corrected chi connectivity index (χ1v) is 8.19. The molecule has 4 heteroatoms. The maximum atomic E-state index is 11.9. The molecule has 0 amide bonds. The van der Waals surface area contributed by atoms with Crippen LogP contribution in [-0.2, 0) is 16.1 Å². The maximum Gasteiger partial charge on any atom is 0.331 e. The fraction of sp³-hybridized carbons (Fsp3) is 0.286. The molecule has 2 rings (SSSR count). The Bertz CT molecular complexity index is 730.